The molecule has 8 heteroatoms. The number of aliphatic carboxylic acids is 2. The van der Waals surface area contributed by atoms with Gasteiger partial charge in [0.2, 0.25) is 5.43 Å². The van der Waals surface area contributed by atoms with Gasteiger partial charge in [0, 0.05) is 18.3 Å². The van der Waals surface area contributed by atoms with Crippen LogP contribution in [0.2, 0.25) is 0 Å². The molecule has 0 aliphatic carbocycles. The highest BCUT2D eigenvalue weighted by molar-refractivity contribution is 5.69. The van der Waals surface area contributed by atoms with E-state index >= 15 is 0 Å². The van der Waals surface area contributed by atoms with E-state index in [1.54, 1.807) is 0 Å². The summed E-state index contributed by atoms with van der Waals surface area (Å²) in [5.41, 5.74) is -0.325. The minimum Gasteiger partial charge on any atom is -0.503 e. The van der Waals surface area contributed by atoms with Gasteiger partial charge in [0.05, 0.1) is 12.7 Å². The maximum atomic E-state index is 11.3. The standard InChI is InChI=1S/C11H14N2O6/c1-12(5-10(16)17)3-7-2-8(14)9(15)4-13(7)6-11(18)19/h2,4,15H,3,5-6H2,1H3,(H,16,17)(H,18,19). The molecule has 0 saturated carbocycles. The van der Waals surface area contributed by atoms with Gasteiger partial charge in [0.1, 0.15) is 6.54 Å². The summed E-state index contributed by atoms with van der Waals surface area (Å²) in [7, 11) is 1.52. The van der Waals surface area contributed by atoms with E-state index < -0.39 is 29.7 Å². The van der Waals surface area contributed by atoms with Crippen molar-refractivity contribution in [3.05, 3.63) is 28.2 Å². The average molecular weight is 270 g/mol. The second-order valence-corrected chi connectivity index (χ2v) is 4.10. The van der Waals surface area contributed by atoms with Crippen LogP contribution in [0.3, 0.4) is 0 Å². The first-order chi connectivity index (χ1) is 8.79. The van der Waals surface area contributed by atoms with Gasteiger partial charge in [-0.05, 0) is 7.05 Å². The van der Waals surface area contributed by atoms with Crippen LogP contribution in [-0.4, -0.2) is 50.3 Å². The number of carboxylic acid groups (broad SMARTS) is 2. The van der Waals surface area contributed by atoms with Gasteiger partial charge in [-0.2, -0.15) is 0 Å². The monoisotopic (exact) mass is 270 g/mol. The summed E-state index contributed by atoms with van der Waals surface area (Å²) in [6.45, 7) is -0.596. The molecule has 0 radical (unpaired) electrons. The lowest BCUT2D eigenvalue weighted by molar-refractivity contribution is -0.139. The van der Waals surface area contributed by atoms with Gasteiger partial charge in [-0.25, -0.2) is 0 Å². The number of hydrogen-bond donors (Lipinski definition) is 3. The van der Waals surface area contributed by atoms with Crippen LogP contribution in [0.1, 0.15) is 5.69 Å². The highest BCUT2D eigenvalue weighted by atomic mass is 16.4. The highest BCUT2D eigenvalue weighted by Gasteiger charge is 2.12. The lowest BCUT2D eigenvalue weighted by Gasteiger charge is -2.17. The number of hydrogen-bond acceptors (Lipinski definition) is 5. The zero-order chi connectivity index (χ0) is 14.6. The molecule has 0 spiro atoms. The fourth-order valence-electron chi connectivity index (χ4n) is 1.60. The highest BCUT2D eigenvalue weighted by Crippen LogP contribution is 2.07. The number of likely N-dealkylation sites (N-methyl/N-ethyl adjacent to an activating group) is 1. The molecule has 0 aromatic carbocycles. The van der Waals surface area contributed by atoms with Crippen LogP contribution in [0.4, 0.5) is 0 Å². The molecule has 19 heavy (non-hydrogen) atoms. The fraction of sp³-hybridized carbons (Fsp3) is 0.364. The summed E-state index contributed by atoms with van der Waals surface area (Å²) < 4.78 is 1.19. The van der Waals surface area contributed by atoms with E-state index in [4.69, 9.17) is 10.2 Å². The Bertz CT molecular complexity index is 551. The smallest absolute Gasteiger partial charge is 0.323 e. The van der Waals surface area contributed by atoms with E-state index in [1.165, 1.54) is 16.5 Å². The molecule has 1 aromatic heterocycles. The summed E-state index contributed by atoms with van der Waals surface area (Å²) in [6.07, 6.45) is 1.03. The Morgan fingerprint density at radius 1 is 1.32 bits per heavy atom. The molecular formula is C11H14N2O6. The number of carboxylic acids is 2. The van der Waals surface area contributed by atoms with Gasteiger partial charge in [0.15, 0.2) is 5.75 Å². The van der Waals surface area contributed by atoms with Crippen molar-refractivity contribution in [2.75, 3.05) is 13.6 Å². The quantitative estimate of drug-likeness (QED) is 0.616. The molecule has 0 aliphatic heterocycles. The Kier molecular flexibility index (Phi) is 4.65. The Labute approximate surface area is 108 Å². The van der Waals surface area contributed by atoms with Gasteiger partial charge in [0.25, 0.3) is 0 Å². The number of aromatic hydroxyl groups is 1. The first-order valence-electron chi connectivity index (χ1n) is 5.34. The molecule has 0 unspecified atom stereocenters. The van der Waals surface area contributed by atoms with Crippen LogP contribution < -0.4 is 5.43 Å². The second-order valence-electron chi connectivity index (χ2n) is 4.10. The maximum absolute atomic E-state index is 11.3. The van der Waals surface area contributed by atoms with Crippen LogP contribution in [0.15, 0.2) is 17.1 Å². The normalized spacial score (nSPS) is 10.6. The Morgan fingerprint density at radius 2 is 1.95 bits per heavy atom. The molecule has 1 aromatic rings. The maximum Gasteiger partial charge on any atom is 0.323 e. The molecule has 0 atom stereocenters. The zero-order valence-electron chi connectivity index (χ0n) is 10.2. The Morgan fingerprint density at radius 3 is 2.47 bits per heavy atom. The lowest BCUT2D eigenvalue weighted by atomic mass is 10.3. The summed E-state index contributed by atoms with van der Waals surface area (Å²) in [4.78, 5) is 34.0. The number of pyridine rings is 1. The third-order valence-corrected chi connectivity index (χ3v) is 2.34. The Hall–Kier alpha value is -2.35. The predicted octanol–water partition coefficient (Wildman–Crippen LogP) is -0.845. The summed E-state index contributed by atoms with van der Waals surface area (Å²) >= 11 is 0. The van der Waals surface area contributed by atoms with Crippen molar-refractivity contribution in [2.45, 2.75) is 13.1 Å². The molecule has 1 heterocycles. The van der Waals surface area contributed by atoms with E-state index in [0.29, 0.717) is 5.69 Å². The molecule has 1 rings (SSSR count). The van der Waals surface area contributed by atoms with E-state index in [9.17, 15) is 19.5 Å². The van der Waals surface area contributed by atoms with Crippen LogP contribution in [0.25, 0.3) is 0 Å². The molecule has 0 fully saturated rings. The fourth-order valence-corrected chi connectivity index (χ4v) is 1.60. The van der Waals surface area contributed by atoms with Crippen molar-refractivity contribution >= 4 is 11.9 Å². The first kappa shape index (κ1) is 14.7. The largest absolute Gasteiger partial charge is 0.503 e. The number of carbonyl (C=O) groups is 2. The van der Waals surface area contributed by atoms with Crippen LogP contribution >= 0.6 is 0 Å². The van der Waals surface area contributed by atoms with Crippen molar-refractivity contribution < 1.29 is 24.9 Å². The van der Waals surface area contributed by atoms with Crippen molar-refractivity contribution in [3.63, 3.8) is 0 Å². The minimum absolute atomic E-state index is 0.0785. The summed E-state index contributed by atoms with van der Waals surface area (Å²) in [6, 6.07) is 1.09. The van der Waals surface area contributed by atoms with Crippen molar-refractivity contribution in [3.8, 4) is 5.75 Å². The third kappa shape index (κ3) is 4.43. The second kappa shape index (κ2) is 6.01. The van der Waals surface area contributed by atoms with E-state index in [0.717, 1.165) is 12.3 Å². The molecule has 0 saturated heterocycles. The van der Waals surface area contributed by atoms with Crippen LogP contribution in [-0.2, 0) is 22.7 Å². The molecule has 3 N–H and O–H groups in total. The molecule has 104 valence electrons. The molecule has 0 bridgehead atoms. The van der Waals surface area contributed by atoms with E-state index in [2.05, 4.69) is 0 Å². The van der Waals surface area contributed by atoms with E-state index in [-0.39, 0.29) is 13.1 Å². The molecule has 8 nitrogen and oxygen atoms in total. The van der Waals surface area contributed by atoms with Crippen LogP contribution in [0, 0.1) is 0 Å². The van der Waals surface area contributed by atoms with Crippen molar-refractivity contribution in [1.29, 1.82) is 0 Å². The van der Waals surface area contributed by atoms with Gasteiger partial charge >= 0.3 is 11.9 Å². The van der Waals surface area contributed by atoms with Crippen LogP contribution in [0.5, 0.6) is 5.75 Å². The van der Waals surface area contributed by atoms with Gasteiger partial charge in [-0.15, -0.1) is 0 Å². The number of rotatable bonds is 6. The van der Waals surface area contributed by atoms with E-state index in [1.807, 2.05) is 0 Å². The molecular weight excluding hydrogens is 256 g/mol. The SMILES string of the molecule is CN(CC(=O)O)Cc1cc(=O)c(O)cn1CC(=O)O. The minimum atomic E-state index is -1.13. The zero-order valence-corrected chi connectivity index (χ0v) is 10.2. The predicted molar refractivity (Wildman–Crippen MR) is 64.0 cm³/mol. The summed E-state index contributed by atoms with van der Waals surface area (Å²) in [5, 5.41) is 26.7. The molecule has 0 amide bonds. The first-order valence-corrected chi connectivity index (χ1v) is 5.34. The third-order valence-electron chi connectivity index (χ3n) is 2.34. The van der Waals surface area contributed by atoms with Gasteiger partial charge < -0.3 is 19.9 Å². The lowest BCUT2D eigenvalue weighted by Crippen LogP contribution is -2.28. The molecule has 0 aliphatic rings. The average Bonchev–Trinajstić information content (AvgIpc) is 2.23. The summed E-state index contributed by atoms with van der Waals surface area (Å²) in [5.74, 6) is -2.72. The van der Waals surface area contributed by atoms with Crippen molar-refractivity contribution in [2.24, 2.45) is 0 Å². The van der Waals surface area contributed by atoms with Gasteiger partial charge in [-0.1, -0.05) is 0 Å². The Balaban J connectivity index is 3.03. The number of nitrogens with zero attached hydrogens (tertiary/aromatic N) is 2. The van der Waals surface area contributed by atoms with Gasteiger partial charge in [-0.3, -0.25) is 19.3 Å². The topological polar surface area (TPSA) is 120 Å². The van der Waals surface area contributed by atoms with Crippen molar-refractivity contribution in [1.82, 2.24) is 9.47 Å². The number of aromatic nitrogens is 1.